The molecule has 2 unspecified atom stereocenters. The molecule has 0 saturated heterocycles. The molecule has 0 aromatic carbocycles. The van der Waals surface area contributed by atoms with Gasteiger partial charge in [0.05, 0.1) is 17.9 Å². The van der Waals surface area contributed by atoms with Gasteiger partial charge in [0.1, 0.15) is 0 Å². The first kappa shape index (κ1) is 12.2. The van der Waals surface area contributed by atoms with E-state index in [1.54, 1.807) is 11.8 Å². The van der Waals surface area contributed by atoms with Gasteiger partial charge in [0.25, 0.3) is 0 Å². The lowest BCUT2D eigenvalue weighted by Gasteiger charge is -2.20. The van der Waals surface area contributed by atoms with Crippen molar-refractivity contribution in [2.75, 3.05) is 7.11 Å². The molecule has 0 spiro atoms. The average Bonchev–Trinajstić information content (AvgIpc) is 2.60. The highest BCUT2D eigenvalue weighted by Crippen LogP contribution is 2.10. The van der Waals surface area contributed by atoms with Crippen molar-refractivity contribution in [3.8, 4) is 0 Å². The lowest BCUT2D eigenvalue weighted by atomic mass is 10.0. The van der Waals surface area contributed by atoms with Crippen LogP contribution in [0.2, 0.25) is 0 Å². The van der Waals surface area contributed by atoms with Crippen molar-refractivity contribution in [2.24, 2.45) is 7.05 Å². The van der Waals surface area contributed by atoms with E-state index < -0.39 is 6.10 Å². The molecule has 86 valence electrons. The van der Waals surface area contributed by atoms with Crippen LogP contribution in [0.15, 0.2) is 12.3 Å². The minimum atomic E-state index is -0.468. The van der Waals surface area contributed by atoms with Crippen LogP contribution >= 0.6 is 0 Å². The van der Waals surface area contributed by atoms with Crippen LogP contribution in [-0.2, 0) is 18.2 Å². The molecular weight excluding hydrogens is 192 g/mol. The van der Waals surface area contributed by atoms with Gasteiger partial charge in [-0.05, 0) is 12.5 Å². The van der Waals surface area contributed by atoms with Crippen LogP contribution in [0.1, 0.15) is 25.5 Å². The Morgan fingerprint density at radius 2 is 2.33 bits per heavy atom. The zero-order valence-corrected chi connectivity index (χ0v) is 9.68. The maximum atomic E-state index is 9.93. The standard InChI is InChI=1S/C11H20N2O2/c1-4-5-11(15-3)10(14)8-9-6-7-13(2)12-9/h6-7,10-11,14H,4-5,8H2,1-3H3. The number of aliphatic hydroxyl groups is 1. The van der Waals surface area contributed by atoms with Gasteiger partial charge in [0.15, 0.2) is 0 Å². The summed E-state index contributed by atoms with van der Waals surface area (Å²) in [7, 11) is 3.51. The second kappa shape index (κ2) is 5.88. The van der Waals surface area contributed by atoms with E-state index >= 15 is 0 Å². The fraction of sp³-hybridized carbons (Fsp3) is 0.727. The van der Waals surface area contributed by atoms with E-state index in [2.05, 4.69) is 12.0 Å². The summed E-state index contributed by atoms with van der Waals surface area (Å²) in [5, 5.41) is 14.2. The molecule has 1 rings (SSSR count). The van der Waals surface area contributed by atoms with Crippen molar-refractivity contribution in [1.82, 2.24) is 9.78 Å². The molecule has 0 saturated carbocycles. The second-order valence-corrected chi connectivity index (χ2v) is 3.82. The van der Waals surface area contributed by atoms with Crippen LogP contribution in [0, 0.1) is 0 Å². The van der Waals surface area contributed by atoms with Gasteiger partial charge in [-0.25, -0.2) is 0 Å². The number of rotatable bonds is 6. The Morgan fingerprint density at radius 3 is 2.80 bits per heavy atom. The zero-order valence-electron chi connectivity index (χ0n) is 9.68. The van der Waals surface area contributed by atoms with E-state index in [0.29, 0.717) is 6.42 Å². The van der Waals surface area contributed by atoms with Crippen LogP contribution in [0.25, 0.3) is 0 Å². The summed E-state index contributed by atoms with van der Waals surface area (Å²) in [6, 6.07) is 1.92. The van der Waals surface area contributed by atoms with E-state index in [1.165, 1.54) is 0 Å². The molecule has 0 aliphatic rings. The molecular formula is C11H20N2O2. The lowest BCUT2D eigenvalue weighted by molar-refractivity contribution is -0.0163. The highest BCUT2D eigenvalue weighted by Gasteiger charge is 2.18. The van der Waals surface area contributed by atoms with E-state index in [-0.39, 0.29) is 6.10 Å². The number of aromatic nitrogens is 2. The molecule has 1 aromatic heterocycles. The molecule has 4 nitrogen and oxygen atoms in total. The molecule has 15 heavy (non-hydrogen) atoms. The van der Waals surface area contributed by atoms with Gasteiger partial charge in [-0.15, -0.1) is 0 Å². The fourth-order valence-electron chi connectivity index (χ4n) is 1.67. The van der Waals surface area contributed by atoms with Crippen LogP contribution in [0.5, 0.6) is 0 Å². The molecule has 4 heteroatoms. The summed E-state index contributed by atoms with van der Waals surface area (Å²) in [6.45, 7) is 2.08. The predicted octanol–water partition coefficient (Wildman–Crippen LogP) is 1.14. The smallest absolute Gasteiger partial charge is 0.0857 e. The molecule has 1 aromatic rings. The monoisotopic (exact) mass is 212 g/mol. The highest BCUT2D eigenvalue weighted by molar-refractivity contribution is 5.01. The van der Waals surface area contributed by atoms with E-state index in [0.717, 1.165) is 18.5 Å². The number of hydrogen-bond acceptors (Lipinski definition) is 3. The summed E-state index contributed by atoms with van der Waals surface area (Å²) in [5.41, 5.74) is 0.906. The number of nitrogens with zero attached hydrogens (tertiary/aromatic N) is 2. The van der Waals surface area contributed by atoms with Crippen molar-refractivity contribution in [2.45, 2.75) is 38.4 Å². The van der Waals surface area contributed by atoms with Gasteiger partial charge in [0, 0.05) is 26.8 Å². The number of aryl methyl sites for hydroxylation is 1. The van der Waals surface area contributed by atoms with Crippen molar-refractivity contribution >= 4 is 0 Å². The molecule has 0 radical (unpaired) electrons. The summed E-state index contributed by atoms with van der Waals surface area (Å²) < 4.78 is 6.99. The summed E-state index contributed by atoms with van der Waals surface area (Å²) >= 11 is 0. The van der Waals surface area contributed by atoms with E-state index in [4.69, 9.17) is 4.74 Å². The predicted molar refractivity (Wildman–Crippen MR) is 58.6 cm³/mol. The third-order valence-corrected chi connectivity index (χ3v) is 2.49. The largest absolute Gasteiger partial charge is 0.390 e. The molecule has 1 heterocycles. The van der Waals surface area contributed by atoms with E-state index in [1.807, 2.05) is 19.3 Å². The quantitative estimate of drug-likeness (QED) is 0.769. The van der Waals surface area contributed by atoms with Crippen LogP contribution in [-0.4, -0.2) is 34.2 Å². The molecule has 1 N–H and O–H groups in total. The maximum Gasteiger partial charge on any atom is 0.0857 e. The maximum absolute atomic E-state index is 9.93. The molecule has 0 amide bonds. The lowest BCUT2D eigenvalue weighted by Crippen LogP contribution is -2.30. The van der Waals surface area contributed by atoms with Crippen molar-refractivity contribution in [1.29, 1.82) is 0 Å². The number of ether oxygens (including phenoxy) is 1. The summed E-state index contributed by atoms with van der Waals surface area (Å²) in [5.74, 6) is 0. The van der Waals surface area contributed by atoms with Gasteiger partial charge in [-0.2, -0.15) is 5.10 Å². The number of aliphatic hydroxyl groups excluding tert-OH is 1. The van der Waals surface area contributed by atoms with Crippen molar-refractivity contribution in [3.05, 3.63) is 18.0 Å². The van der Waals surface area contributed by atoms with Crippen LogP contribution < -0.4 is 0 Å². The normalized spacial score (nSPS) is 15.2. The van der Waals surface area contributed by atoms with Gasteiger partial charge in [-0.1, -0.05) is 13.3 Å². The van der Waals surface area contributed by atoms with E-state index in [9.17, 15) is 5.11 Å². The third kappa shape index (κ3) is 3.64. The first-order chi connectivity index (χ1) is 7.17. The Bertz CT molecular complexity index is 286. The number of hydrogen-bond donors (Lipinski definition) is 1. The minimum Gasteiger partial charge on any atom is -0.390 e. The van der Waals surface area contributed by atoms with Crippen LogP contribution in [0.3, 0.4) is 0 Å². The molecule has 2 atom stereocenters. The number of methoxy groups -OCH3 is 1. The Morgan fingerprint density at radius 1 is 1.60 bits per heavy atom. The topological polar surface area (TPSA) is 47.3 Å². The Balaban J connectivity index is 2.49. The zero-order chi connectivity index (χ0) is 11.3. The summed E-state index contributed by atoms with van der Waals surface area (Å²) in [4.78, 5) is 0. The Kier molecular flexibility index (Phi) is 4.78. The van der Waals surface area contributed by atoms with Gasteiger partial charge >= 0.3 is 0 Å². The first-order valence-corrected chi connectivity index (χ1v) is 5.36. The van der Waals surface area contributed by atoms with Crippen LogP contribution in [0.4, 0.5) is 0 Å². The van der Waals surface area contributed by atoms with Crippen molar-refractivity contribution < 1.29 is 9.84 Å². The molecule has 0 fully saturated rings. The van der Waals surface area contributed by atoms with Gasteiger partial charge in [-0.3, -0.25) is 4.68 Å². The van der Waals surface area contributed by atoms with Crippen molar-refractivity contribution in [3.63, 3.8) is 0 Å². The first-order valence-electron chi connectivity index (χ1n) is 5.36. The Hall–Kier alpha value is -0.870. The van der Waals surface area contributed by atoms with Gasteiger partial charge in [0.2, 0.25) is 0 Å². The molecule has 0 aliphatic heterocycles. The van der Waals surface area contributed by atoms with Gasteiger partial charge < -0.3 is 9.84 Å². The molecule has 0 aliphatic carbocycles. The average molecular weight is 212 g/mol. The third-order valence-electron chi connectivity index (χ3n) is 2.49. The Labute approximate surface area is 90.9 Å². The fourth-order valence-corrected chi connectivity index (χ4v) is 1.67. The molecule has 0 bridgehead atoms. The minimum absolute atomic E-state index is 0.0861. The SMILES string of the molecule is CCCC(OC)C(O)Cc1ccn(C)n1. The summed E-state index contributed by atoms with van der Waals surface area (Å²) in [6.07, 6.45) is 3.77. The highest BCUT2D eigenvalue weighted by atomic mass is 16.5. The second-order valence-electron chi connectivity index (χ2n) is 3.82.